The van der Waals surface area contributed by atoms with Crippen LogP contribution in [0.5, 0.6) is 0 Å². The Balaban J connectivity index is 1.72. The molecule has 3 rings (SSSR count). The van der Waals surface area contributed by atoms with E-state index in [0.717, 1.165) is 30.9 Å². The van der Waals surface area contributed by atoms with E-state index < -0.39 is 0 Å². The van der Waals surface area contributed by atoms with Gasteiger partial charge < -0.3 is 5.73 Å². The number of nitrogens with zero attached hydrogens (tertiary/aromatic N) is 1. The first-order valence-electron chi connectivity index (χ1n) is 6.05. The van der Waals surface area contributed by atoms with Crippen LogP contribution in [0.2, 0.25) is 0 Å². The largest absolute Gasteiger partial charge is 0.399 e. The number of nitrogen functional groups attached to an aromatic ring is 1. The van der Waals surface area contributed by atoms with Gasteiger partial charge in [0.1, 0.15) is 5.82 Å². The Morgan fingerprint density at radius 2 is 1.72 bits per heavy atom. The molecule has 92 valence electrons. The van der Waals surface area contributed by atoms with Gasteiger partial charge in [-0.3, -0.25) is 4.90 Å². The highest BCUT2D eigenvalue weighted by Gasteiger charge is 2.18. The molecule has 0 saturated heterocycles. The standard InChI is InChI=1S/C15H15FN2/c16-14-4-1-11(2-5-14)8-18-9-12-3-6-15(17)7-13(12)10-18/h1-7H,8-10,17H2. The van der Waals surface area contributed by atoms with E-state index in [1.165, 1.54) is 23.3 Å². The molecule has 0 radical (unpaired) electrons. The van der Waals surface area contributed by atoms with Crippen LogP contribution in [0.3, 0.4) is 0 Å². The van der Waals surface area contributed by atoms with Gasteiger partial charge in [0.15, 0.2) is 0 Å². The number of rotatable bonds is 2. The van der Waals surface area contributed by atoms with Crippen molar-refractivity contribution in [3.05, 3.63) is 65.0 Å². The highest BCUT2D eigenvalue weighted by Crippen LogP contribution is 2.25. The summed E-state index contributed by atoms with van der Waals surface area (Å²) in [6, 6.07) is 12.8. The predicted octanol–water partition coefficient (Wildman–Crippen LogP) is 2.92. The van der Waals surface area contributed by atoms with Gasteiger partial charge in [0, 0.05) is 25.3 Å². The third-order valence-corrected chi connectivity index (χ3v) is 3.34. The SMILES string of the molecule is Nc1ccc2c(c1)CN(Cc1ccc(F)cc1)C2. The molecular weight excluding hydrogens is 227 g/mol. The molecule has 18 heavy (non-hydrogen) atoms. The maximum absolute atomic E-state index is 12.8. The first-order valence-corrected chi connectivity index (χ1v) is 6.05. The maximum Gasteiger partial charge on any atom is 0.123 e. The zero-order valence-electron chi connectivity index (χ0n) is 10.1. The Hall–Kier alpha value is -1.87. The minimum absolute atomic E-state index is 0.184. The lowest BCUT2D eigenvalue weighted by atomic mass is 10.1. The molecule has 0 fully saturated rings. The molecule has 1 aliphatic heterocycles. The molecule has 2 aromatic carbocycles. The number of hydrogen-bond acceptors (Lipinski definition) is 2. The molecule has 0 aromatic heterocycles. The van der Waals surface area contributed by atoms with Crippen LogP contribution in [0.15, 0.2) is 42.5 Å². The van der Waals surface area contributed by atoms with Gasteiger partial charge in [0.25, 0.3) is 0 Å². The third kappa shape index (κ3) is 2.22. The summed E-state index contributed by atoms with van der Waals surface area (Å²) in [4.78, 5) is 2.33. The van der Waals surface area contributed by atoms with Gasteiger partial charge in [0.05, 0.1) is 0 Å². The molecule has 2 N–H and O–H groups in total. The van der Waals surface area contributed by atoms with E-state index in [1.54, 1.807) is 0 Å². The van der Waals surface area contributed by atoms with Crippen molar-refractivity contribution in [2.45, 2.75) is 19.6 Å². The van der Waals surface area contributed by atoms with Crippen molar-refractivity contribution in [1.82, 2.24) is 4.90 Å². The van der Waals surface area contributed by atoms with Crippen molar-refractivity contribution >= 4 is 5.69 Å². The van der Waals surface area contributed by atoms with E-state index >= 15 is 0 Å². The van der Waals surface area contributed by atoms with Crippen LogP contribution in [0.1, 0.15) is 16.7 Å². The first kappa shape index (κ1) is 11.2. The molecule has 0 unspecified atom stereocenters. The average molecular weight is 242 g/mol. The quantitative estimate of drug-likeness (QED) is 0.820. The third-order valence-electron chi connectivity index (χ3n) is 3.34. The van der Waals surface area contributed by atoms with Gasteiger partial charge in [-0.2, -0.15) is 0 Å². The van der Waals surface area contributed by atoms with Crippen LogP contribution in [0.4, 0.5) is 10.1 Å². The van der Waals surface area contributed by atoms with Crippen LogP contribution < -0.4 is 5.73 Å². The van der Waals surface area contributed by atoms with Crippen LogP contribution in [0.25, 0.3) is 0 Å². The monoisotopic (exact) mass is 242 g/mol. The number of hydrogen-bond donors (Lipinski definition) is 1. The van der Waals surface area contributed by atoms with E-state index in [1.807, 2.05) is 24.3 Å². The van der Waals surface area contributed by atoms with Crippen molar-refractivity contribution in [3.63, 3.8) is 0 Å². The Labute approximate surface area is 106 Å². The lowest BCUT2D eigenvalue weighted by Gasteiger charge is -2.14. The Morgan fingerprint density at radius 3 is 2.50 bits per heavy atom. The average Bonchev–Trinajstić information content (AvgIpc) is 2.73. The normalized spacial score (nSPS) is 14.7. The summed E-state index contributed by atoms with van der Waals surface area (Å²) in [6.07, 6.45) is 0. The lowest BCUT2D eigenvalue weighted by molar-refractivity contribution is 0.275. The molecular formula is C15H15FN2. The van der Waals surface area contributed by atoms with E-state index in [0.29, 0.717) is 0 Å². The first-order chi connectivity index (χ1) is 8.70. The maximum atomic E-state index is 12.8. The van der Waals surface area contributed by atoms with Crippen LogP contribution >= 0.6 is 0 Å². The molecule has 2 nitrogen and oxygen atoms in total. The van der Waals surface area contributed by atoms with E-state index in [9.17, 15) is 4.39 Å². The number of nitrogens with two attached hydrogens (primary N) is 1. The summed E-state index contributed by atoms with van der Waals surface area (Å²) >= 11 is 0. The molecule has 1 aliphatic rings. The molecule has 0 spiro atoms. The topological polar surface area (TPSA) is 29.3 Å². The Morgan fingerprint density at radius 1 is 1.00 bits per heavy atom. The van der Waals surface area contributed by atoms with E-state index in [2.05, 4.69) is 11.0 Å². The van der Waals surface area contributed by atoms with Gasteiger partial charge in [0.2, 0.25) is 0 Å². The molecule has 2 aromatic rings. The van der Waals surface area contributed by atoms with Crippen molar-refractivity contribution in [2.24, 2.45) is 0 Å². The summed E-state index contributed by atoms with van der Waals surface area (Å²) in [5.74, 6) is -0.184. The summed E-state index contributed by atoms with van der Waals surface area (Å²) in [5, 5.41) is 0. The van der Waals surface area contributed by atoms with Gasteiger partial charge in [-0.25, -0.2) is 4.39 Å². The molecule has 0 aliphatic carbocycles. The van der Waals surface area contributed by atoms with Gasteiger partial charge >= 0.3 is 0 Å². The fraction of sp³-hybridized carbons (Fsp3) is 0.200. The predicted molar refractivity (Wildman–Crippen MR) is 70.2 cm³/mol. The van der Waals surface area contributed by atoms with Gasteiger partial charge in [-0.1, -0.05) is 18.2 Å². The molecule has 3 heteroatoms. The Kier molecular flexibility index (Phi) is 2.76. The lowest BCUT2D eigenvalue weighted by Crippen LogP contribution is -2.15. The summed E-state index contributed by atoms with van der Waals surface area (Å²) in [5.41, 5.74) is 10.4. The van der Waals surface area contributed by atoms with Crippen LogP contribution in [-0.4, -0.2) is 4.90 Å². The van der Waals surface area contributed by atoms with E-state index in [-0.39, 0.29) is 5.82 Å². The molecule has 0 bridgehead atoms. The molecule has 0 amide bonds. The van der Waals surface area contributed by atoms with Gasteiger partial charge in [-0.15, -0.1) is 0 Å². The molecule has 0 atom stereocenters. The van der Waals surface area contributed by atoms with Gasteiger partial charge in [-0.05, 0) is 41.0 Å². The summed E-state index contributed by atoms with van der Waals surface area (Å²) < 4.78 is 12.8. The van der Waals surface area contributed by atoms with Crippen molar-refractivity contribution in [2.75, 3.05) is 5.73 Å². The fourth-order valence-corrected chi connectivity index (χ4v) is 2.44. The zero-order chi connectivity index (χ0) is 12.5. The van der Waals surface area contributed by atoms with Crippen LogP contribution in [0, 0.1) is 5.82 Å². The highest BCUT2D eigenvalue weighted by atomic mass is 19.1. The summed E-state index contributed by atoms with van der Waals surface area (Å²) in [7, 11) is 0. The fourth-order valence-electron chi connectivity index (χ4n) is 2.44. The number of anilines is 1. The van der Waals surface area contributed by atoms with E-state index in [4.69, 9.17) is 5.73 Å². The second kappa shape index (κ2) is 4.42. The van der Waals surface area contributed by atoms with Crippen molar-refractivity contribution in [1.29, 1.82) is 0 Å². The summed E-state index contributed by atoms with van der Waals surface area (Å²) in [6.45, 7) is 2.69. The van der Waals surface area contributed by atoms with Crippen molar-refractivity contribution in [3.8, 4) is 0 Å². The second-order valence-corrected chi connectivity index (χ2v) is 4.80. The second-order valence-electron chi connectivity index (χ2n) is 4.80. The minimum Gasteiger partial charge on any atom is -0.399 e. The zero-order valence-corrected chi connectivity index (χ0v) is 10.1. The minimum atomic E-state index is -0.184. The van der Waals surface area contributed by atoms with Crippen molar-refractivity contribution < 1.29 is 4.39 Å². The smallest absolute Gasteiger partial charge is 0.123 e. The molecule has 0 saturated carbocycles. The molecule has 1 heterocycles. The number of halogens is 1. The number of fused-ring (bicyclic) bond motifs is 1. The Bertz CT molecular complexity index is 563. The van der Waals surface area contributed by atoms with Crippen LogP contribution in [-0.2, 0) is 19.6 Å². The highest BCUT2D eigenvalue weighted by molar-refractivity contribution is 5.46. The number of benzene rings is 2.